The van der Waals surface area contributed by atoms with Crippen LogP contribution in [0.3, 0.4) is 0 Å². The van der Waals surface area contributed by atoms with E-state index >= 15 is 0 Å². The van der Waals surface area contributed by atoms with Gasteiger partial charge in [-0.2, -0.15) is 0 Å². The van der Waals surface area contributed by atoms with Crippen molar-refractivity contribution in [1.29, 1.82) is 0 Å². The zero-order chi connectivity index (χ0) is 11.0. The summed E-state index contributed by atoms with van der Waals surface area (Å²) in [6.07, 6.45) is 0.953. The lowest BCUT2D eigenvalue weighted by Crippen LogP contribution is -2.03. The van der Waals surface area contributed by atoms with Gasteiger partial charge in [0.15, 0.2) is 0 Å². The van der Waals surface area contributed by atoms with Crippen molar-refractivity contribution >= 4 is 10.9 Å². The van der Waals surface area contributed by atoms with Crippen molar-refractivity contribution < 1.29 is 0 Å². The molecule has 2 heteroatoms. The summed E-state index contributed by atoms with van der Waals surface area (Å²) in [5.41, 5.74) is 12.2. The van der Waals surface area contributed by atoms with E-state index in [1.807, 2.05) is 0 Å². The van der Waals surface area contributed by atoms with Gasteiger partial charge in [-0.25, -0.2) is 0 Å². The maximum atomic E-state index is 5.63. The Morgan fingerprint density at radius 1 is 1.20 bits per heavy atom. The average molecular weight is 202 g/mol. The van der Waals surface area contributed by atoms with Gasteiger partial charge in [0.25, 0.3) is 0 Å². The largest absolute Gasteiger partial charge is 0.358 e. The van der Waals surface area contributed by atoms with E-state index in [2.05, 4.69) is 37.9 Å². The van der Waals surface area contributed by atoms with E-state index in [0.29, 0.717) is 6.54 Å². The number of benzene rings is 1. The Hall–Kier alpha value is -1.28. The van der Waals surface area contributed by atoms with Crippen LogP contribution in [0.15, 0.2) is 12.1 Å². The van der Waals surface area contributed by atoms with Crippen LogP contribution in [0, 0.1) is 20.8 Å². The van der Waals surface area contributed by atoms with Crippen LogP contribution < -0.4 is 5.73 Å². The van der Waals surface area contributed by atoms with Gasteiger partial charge in [-0.05, 0) is 50.4 Å². The number of hydrogen-bond acceptors (Lipinski definition) is 1. The molecule has 2 aromatic rings. The Morgan fingerprint density at radius 2 is 1.93 bits per heavy atom. The van der Waals surface area contributed by atoms with Gasteiger partial charge in [0.1, 0.15) is 0 Å². The molecule has 1 aromatic carbocycles. The Kier molecular flexibility index (Phi) is 2.53. The molecule has 3 N–H and O–H groups in total. The highest BCUT2D eigenvalue weighted by Gasteiger charge is 2.09. The average Bonchev–Trinajstić information content (AvgIpc) is 2.52. The van der Waals surface area contributed by atoms with Gasteiger partial charge in [-0.3, -0.25) is 0 Å². The smallest absolute Gasteiger partial charge is 0.0491 e. The van der Waals surface area contributed by atoms with Crippen LogP contribution in [0.4, 0.5) is 0 Å². The van der Waals surface area contributed by atoms with E-state index < -0.39 is 0 Å². The highest BCUT2D eigenvalue weighted by atomic mass is 14.7. The zero-order valence-electron chi connectivity index (χ0n) is 9.65. The molecule has 0 aliphatic rings. The molecule has 15 heavy (non-hydrogen) atoms. The normalized spacial score (nSPS) is 11.2. The summed E-state index contributed by atoms with van der Waals surface area (Å²) >= 11 is 0. The van der Waals surface area contributed by atoms with Crippen molar-refractivity contribution in [3.63, 3.8) is 0 Å². The first-order valence-electron chi connectivity index (χ1n) is 5.42. The summed E-state index contributed by atoms with van der Waals surface area (Å²) in [4.78, 5) is 3.47. The third-order valence-electron chi connectivity index (χ3n) is 3.22. The highest BCUT2D eigenvalue weighted by molar-refractivity contribution is 5.88. The topological polar surface area (TPSA) is 41.8 Å². The monoisotopic (exact) mass is 202 g/mol. The standard InChI is InChI=1S/C13H18N2/c1-8-4-5-12-11(6-7-14)10(3)15-13(12)9(8)2/h4-5,15H,6-7,14H2,1-3H3. The second kappa shape index (κ2) is 3.70. The molecule has 0 bridgehead atoms. The zero-order valence-corrected chi connectivity index (χ0v) is 9.65. The van der Waals surface area contributed by atoms with Crippen LogP contribution in [-0.4, -0.2) is 11.5 Å². The predicted octanol–water partition coefficient (Wildman–Crippen LogP) is 2.59. The summed E-state index contributed by atoms with van der Waals surface area (Å²) in [5.74, 6) is 0. The first kappa shape index (κ1) is 10.2. The molecule has 0 aliphatic carbocycles. The number of rotatable bonds is 2. The fraction of sp³-hybridized carbons (Fsp3) is 0.385. The number of aryl methyl sites for hydroxylation is 3. The quantitative estimate of drug-likeness (QED) is 0.772. The van der Waals surface area contributed by atoms with Gasteiger partial charge in [-0.15, -0.1) is 0 Å². The van der Waals surface area contributed by atoms with Gasteiger partial charge in [-0.1, -0.05) is 12.1 Å². The molecule has 0 saturated heterocycles. The molecular weight excluding hydrogens is 184 g/mol. The lowest BCUT2D eigenvalue weighted by molar-refractivity contribution is 0.963. The van der Waals surface area contributed by atoms with E-state index in [1.165, 1.54) is 33.3 Å². The maximum absolute atomic E-state index is 5.63. The van der Waals surface area contributed by atoms with Gasteiger partial charge >= 0.3 is 0 Å². The first-order chi connectivity index (χ1) is 7.15. The van der Waals surface area contributed by atoms with E-state index in [0.717, 1.165) is 6.42 Å². The highest BCUT2D eigenvalue weighted by Crippen LogP contribution is 2.26. The predicted molar refractivity (Wildman–Crippen MR) is 65.3 cm³/mol. The third kappa shape index (κ3) is 1.55. The number of fused-ring (bicyclic) bond motifs is 1. The molecule has 0 unspecified atom stereocenters. The maximum Gasteiger partial charge on any atom is 0.0491 e. The van der Waals surface area contributed by atoms with Crippen molar-refractivity contribution in [2.24, 2.45) is 5.73 Å². The number of nitrogens with one attached hydrogen (secondary N) is 1. The second-order valence-electron chi connectivity index (χ2n) is 4.20. The van der Waals surface area contributed by atoms with Crippen LogP contribution >= 0.6 is 0 Å². The fourth-order valence-electron chi connectivity index (χ4n) is 2.16. The molecular formula is C13H18N2. The Bertz CT molecular complexity index is 495. The van der Waals surface area contributed by atoms with E-state index in [-0.39, 0.29) is 0 Å². The summed E-state index contributed by atoms with van der Waals surface area (Å²) in [7, 11) is 0. The first-order valence-corrected chi connectivity index (χ1v) is 5.42. The summed E-state index contributed by atoms with van der Waals surface area (Å²) in [6.45, 7) is 7.15. The Morgan fingerprint density at radius 3 is 2.60 bits per heavy atom. The minimum absolute atomic E-state index is 0.709. The minimum atomic E-state index is 0.709. The van der Waals surface area contributed by atoms with Crippen molar-refractivity contribution in [2.75, 3.05) is 6.54 Å². The molecule has 0 atom stereocenters. The van der Waals surface area contributed by atoms with Crippen LogP contribution in [-0.2, 0) is 6.42 Å². The minimum Gasteiger partial charge on any atom is -0.358 e. The van der Waals surface area contributed by atoms with Crippen molar-refractivity contribution in [3.8, 4) is 0 Å². The van der Waals surface area contributed by atoms with Crippen LogP contribution in [0.25, 0.3) is 10.9 Å². The molecule has 80 valence electrons. The number of aromatic amines is 1. The lowest BCUT2D eigenvalue weighted by Gasteiger charge is -2.02. The summed E-state index contributed by atoms with van der Waals surface area (Å²) < 4.78 is 0. The summed E-state index contributed by atoms with van der Waals surface area (Å²) in [5, 5.41) is 1.33. The molecule has 0 fully saturated rings. The third-order valence-corrected chi connectivity index (χ3v) is 3.22. The second-order valence-corrected chi connectivity index (χ2v) is 4.20. The van der Waals surface area contributed by atoms with E-state index in [1.54, 1.807) is 0 Å². The lowest BCUT2D eigenvalue weighted by atomic mass is 10.0. The molecule has 0 radical (unpaired) electrons. The van der Waals surface area contributed by atoms with Crippen molar-refractivity contribution in [3.05, 3.63) is 34.5 Å². The number of H-pyrrole nitrogens is 1. The molecule has 2 rings (SSSR count). The van der Waals surface area contributed by atoms with Crippen LogP contribution in [0.2, 0.25) is 0 Å². The summed E-state index contributed by atoms with van der Waals surface area (Å²) in [6, 6.07) is 4.39. The molecule has 2 nitrogen and oxygen atoms in total. The number of hydrogen-bond donors (Lipinski definition) is 2. The molecule has 0 spiro atoms. The molecule has 1 heterocycles. The van der Waals surface area contributed by atoms with E-state index in [9.17, 15) is 0 Å². The van der Waals surface area contributed by atoms with Gasteiger partial charge in [0.2, 0.25) is 0 Å². The SMILES string of the molecule is Cc1ccc2c(CCN)c(C)[nH]c2c1C. The Labute approximate surface area is 90.5 Å². The fourth-order valence-corrected chi connectivity index (χ4v) is 2.16. The van der Waals surface area contributed by atoms with Crippen LogP contribution in [0.1, 0.15) is 22.4 Å². The van der Waals surface area contributed by atoms with E-state index in [4.69, 9.17) is 5.73 Å². The Balaban J connectivity index is 2.73. The number of aromatic nitrogens is 1. The molecule has 0 amide bonds. The van der Waals surface area contributed by atoms with Crippen molar-refractivity contribution in [1.82, 2.24) is 4.98 Å². The molecule has 0 aliphatic heterocycles. The van der Waals surface area contributed by atoms with Crippen molar-refractivity contribution in [2.45, 2.75) is 27.2 Å². The van der Waals surface area contributed by atoms with Gasteiger partial charge in [0.05, 0.1) is 0 Å². The molecule has 0 saturated carbocycles. The van der Waals surface area contributed by atoms with Crippen LogP contribution in [0.5, 0.6) is 0 Å². The number of nitrogens with two attached hydrogens (primary N) is 1. The molecule has 1 aromatic heterocycles. The van der Waals surface area contributed by atoms with Gasteiger partial charge in [0, 0.05) is 16.6 Å². The van der Waals surface area contributed by atoms with Gasteiger partial charge < -0.3 is 10.7 Å².